The fraction of sp³-hybridized carbons (Fsp3) is 0.714. The van der Waals surface area contributed by atoms with Crippen molar-refractivity contribution in [2.45, 2.75) is 39.3 Å². The summed E-state index contributed by atoms with van der Waals surface area (Å²) in [6, 6.07) is 1.60. The van der Waals surface area contributed by atoms with Crippen molar-refractivity contribution in [2.75, 3.05) is 29.9 Å². The van der Waals surface area contributed by atoms with Gasteiger partial charge < -0.3 is 10.2 Å². The van der Waals surface area contributed by atoms with Gasteiger partial charge >= 0.3 is 6.18 Å². The van der Waals surface area contributed by atoms with Crippen molar-refractivity contribution in [1.29, 1.82) is 0 Å². The van der Waals surface area contributed by atoms with Gasteiger partial charge in [0.05, 0.1) is 0 Å². The Kier molecular flexibility index (Phi) is 4.90. The van der Waals surface area contributed by atoms with Crippen LogP contribution in [0.25, 0.3) is 0 Å². The molecule has 0 amide bonds. The lowest BCUT2D eigenvalue weighted by molar-refractivity contribution is -0.144. The van der Waals surface area contributed by atoms with E-state index in [0.29, 0.717) is 24.8 Å². The summed E-state index contributed by atoms with van der Waals surface area (Å²) in [6.45, 7) is 5.66. The Hall–Kier alpha value is -1.53. The Morgan fingerprint density at radius 1 is 1.29 bits per heavy atom. The van der Waals surface area contributed by atoms with Crippen LogP contribution < -0.4 is 10.2 Å². The number of halogens is 3. The van der Waals surface area contributed by atoms with Crippen LogP contribution in [0.1, 0.15) is 38.9 Å². The summed E-state index contributed by atoms with van der Waals surface area (Å²) in [7, 11) is 0. The van der Waals surface area contributed by atoms with Gasteiger partial charge in [0, 0.05) is 25.7 Å². The van der Waals surface area contributed by atoms with Gasteiger partial charge in [-0.25, -0.2) is 9.97 Å². The lowest BCUT2D eigenvalue weighted by Crippen LogP contribution is -2.33. The first kappa shape index (κ1) is 15.9. The molecule has 0 saturated heterocycles. The van der Waals surface area contributed by atoms with E-state index in [9.17, 15) is 13.2 Å². The molecule has 1 heterocycles. The smallest absolute Gasteiger partial charge is 0.370 e. The topological polar surface area (TPSA) is 41.0 Å². The second-order valence-electron chi connectivity index (χ2n) is 5.30. The van der Waals surface area contributed by atoms with Gasteiger partial charge in [0.1, 0.15) is 11.6 Å². The molecule has 7 heteroatoms. The number of nitrogens with one attached hydrogen (secondary N) is 1. The van der Waals surface area contributed by atoms with Crippen LogP contribution in [0.2, 0.25) is 0 Å². The standard InChI is InChI=1S/C14H21F3N4/c1-3-18-11-8-12(20-13(19-11)14(15,16)17)21(4-2)9-10-6-5-7-10/h8,10H,3-7,9H2,1-2H3,(H,18,19,20). The summed E-state index contributed by atoms with van der Waals surface area (Å²) >= 11 is 0. The molecule has 2 rings (SSSR count). The molecule has 0 aliphatic heterocycles. The number of nitrogens with zero attached hydrogens (tertiary/aromatic N) is 3. The van der Waals surface area contributed by atoms with Gasteiger partial charge in [0.2, 0.25) is 5.82 Å². The molecule has 1 aliphatic carbocycles. The van der Waals surface area contributed by atoms with Gasteiger partial charge in [-0.1, -0.05) is 6.42 Å². The lowest BCUT2D eigenvalue weighted by atomic mass is 9.85. The van der Waals surface area contributed by atoms with Crippen LogP contribution in [-0.2, 0) is 6.18 Å². The predicted octanol–water partition coefficient (Wildman–Crippen LogP) is 3.55. The quantitative estimate of drug-likeness (QED) is 0.872. The van der Waals surface area contributed by atoms with E-state index in [2.05, 4.69) is 15.3 Å². The molecule has 1 aromatic rings. The highest BCUT2D eigenvalue weighted by Crippen LogP contribution is 2.31. The van der Waals surface area contributed by atoms with Crippen molar-refractivity contribution in [1.82, 2.24) is 9.97 Å². The SMILES string of the molecule is CCNc1cc(N(CC)CC2CCC2)nc(C(F)(F)F)n1. The van der Waals surface area contributed by atoms with E-state index < -0.39 is 12.0 Å². The summed E-state index contributed by atoms with van der Waals surface area (Å²) in [6.07, 6.45) is -1.03. The minimum absolute atomic E-state index is 0.224. The van der Waals surface area contributed by atoms with Gasteiger partial charge in [-0.3, -0.25) is 0 Å². The highest BCUT2D eigenvalue weighted by Gasteiger charge is 2.36. The first-order chi connectivity index (χ1) is 9.94. The van der Waals surface area contributed by atoms with Crippen LogP contribution in [-0.4, -0.2) is 29.6 Å². The van der Waals surface area contributed by atoms with Gasteiger partial charge in [0.15, 0.2) is 0 Å². The van der Waals surface area contributed by atoms with Gasteiger partial charge in [-0.05, 0) is 32.6 Å². The molecule has 0 atom stereocenters. The van der Waals surface area contributed by atoms with Gasteiger partial charge in [-0.2, -0.15) is 13.2 Å². The average Bonchev–Trinajstić information content (AvgIpc) is 2.36. The molecule has 1 N–H and O–H groups in total. The molecule has 0 aromatic carbocycles. The van der Waals surface area contributed by atoms with E-state index in [1.807, 2.05) is 18.7 Å². The van der Waals surface area contributed by atoms with Gasteiger partial charge in [-0.15, -0.1) is 0 Å². The molecule has 0 spiro atoms. The third-order valence-corrected chi connectivity index (χ3v) is 3.73. The number of alkyl halides is 3. The van der Waals surface area contributed by atoms with E-state index in [1.165, 1.54) is 6.42 Å². The van der Waals surface area contributed by atoms with Crippen molar-refractivity contribution in [3.05, 3.63) is 11.9 Å². The number of aromatic nitrogens is 2. The Morgan fingerprint density at radius 3 is 2.48 bits per heavy atom. The number of anilines is 2. The van der Waals surface area contributed by atoms with E-state index in [-0.39, 0.29) is 5.82 Å². The van der Waals surface area contributed by atoms with Crippen LogP contribution in [0.5, 0.6) is 0 Å². The van der Waals surface area contributed by atoms with Crippen LogP contribution in [0.4, 0.5) is 24.8 Å². The zero-order chi connectivity index (χ0) is 15.5. The summed E-state index contributed by atoms with van der Waals surface area (Å²) in [5.41, 5.74) is 0. The second-order valence-corrected chi connectivity index (χ2v) is 5.30. The molecule has 1 aliphatic rings. The van der Waals surface area contributed by atoms with Crippen molar-refractivity contribution in [3.63, 3.8) is 0 Å². The molecule has 0 unspecified atom stereocenters. The molecule has 1 fully saturated rings. The number of hydrogen-bond donors (Lipinski definition) is 1. The fourth-order valence-corrected chi connectivity index (χ4v) is 2.37. The monoisotopic (exact) mass is 302 g/mol. The Bertz CT molecular complexity index is 472. The average molecular weight is 302 g/mol. The summed E-state index contributed by atoms with van der Waals surface area (Å²) in [5.74, 6) is 0.0596. The maximum atomic E-state index is 12.9. The fourth-order valence-electron chi connectivity index (χ4n) is 2.37. The third-order valence-electron chi connectivity index (χ3n) is 3.73. The Labute approximate surface area is 122 Å². The van der Waals surface area contributed by atoms with E-state index in [0.717, 1.165) is 19.4 Å². The molecule has 1 aromatic heterocycles. The number of hydrogen-bond acceptors (Lipinski definition) is 4. The molecular weight excluding hydrogens is 281 g/mol. The van der Waals surface area contributed by atoms with Crippen molar-refractivity contribution in [3.8, 4) is 0 Å². The molecule has 0 radical (unpaired) electrons. The lowest BCUT2D eigenvalue weighted by Gasteiger charge is -2.32. The van der Waals surface area contributed by atoms with Crippen molar-refractivity contribution < 1.29 is 13.2 Å². The minimum atomic E-state index is -4.53. The molecule has 1 saturated carbocycles. The van der Waals surface area contributed by atoms with Crippen LogP contribution >= 0.6 is 0 Å². The van der Waals surface area contributed by atoms with Crippen LogP contribution in [0, 0.1) is 5.92 Å². The largest absolute Gasteiger partial charge is 0.451 e. The predicted molar refractivity (Wildman–Crippen MR) is 76.4 cm³/mol. The molecule has 4 nitrogen and oxygen atoms in total. The third kappa shape index (κ3) is 3.98. The van der Waals surface area contributed by atoms with Crippen molar-refractivity contribution in [2.24, 2.45) is 5.92 Å². The van der Waals surface area contributed by atoms with E-state index in [4.69, 9.17) is 0 Å². The summed E-state index contributed by atoms with van der Waals surface area (Å²) in [5, 5.41) is 2.84. The Morgan fingerprint density at radius 2 is 2.00 bits per heavy atom. The first-order valence-corrected chi connectivity index (χ1v) is 7.39. The second kappa shape index (κ2) is 6.49. The van der Waals surface area contributed by atoms with Crippen LogP contribution in [0.3, 0.4) is 0 Å². The van der Waals surface area contributed by atoms with E-state index in [1.54, 1.807) is 6.07 Å². The van der Waals surface area contributed by atoms with Gasteiger partial charge in [0.25, 0.3) is 0 Å². The first-order valence-electron chi connectivity index (χ1n) is 7.39. The maximum Gasteiger partial charge on any atom is 0.451 e. The van der Waals surface area contributed by atoms with Crippen molar-refractivity contribution >= 4 is 11.6 Å². The molecule has 0 bridgehead atoms. The van der Waals surface area contributed by atoms with E-state index >= 15 is 0 Å². The highest BCUT2D eigenvalue weighted by molar-refractivity contribution is 5.49. The zero-order valence-corrected chi connectivity index (χ0v) is 12.4. The highest BCUT2D eigenvalue weighted by atomic mass is 19.4. The Balaban J connectivity index is 2.28. The summed E-state index contributed by atoms with van der Waals surface area (Å²) in [4.78, 5) is 9.17. The minimum Gasteiger partial charge on any atom is -0.370 e. The number of rotatable bonds is 6. The normalized spacial score (nSPS) is 15.7. The molecular formula is C14H21F3N4. The maximum absolute atomic E-state index is 12.9. The van der Waals surface area contributed by atoms with Crippen LogP contribution in [0.15, 0.2) is 6.07 Å². The molecule has 118 valence electrons. The summed E-state index contributed by atoms with van der Waals surface area (Å²) < 4.78 is 38.8. The zero-order valence-electron chi connectivity index (χ0n) is 12.4. The molecule has 21 heavy (non-hydrogen) atoms.